The number of amides is 1. The minimum atomic E-state index is -0.139. The average molecular weight is 337 g/mol. The Balaban J connectivity index is 1.96. The molecule has 3 N–H and O–H groups in total. The molecule has 0 radical (unpaired) electrons. The normalized spacial score (nSPS) is 19.9. The van der Waals surface area contributed by atoms with Gasteiger partial charge in [0.2, 0.25) is 5.91 Å². The number of rotatable bonds is 3. The summed E-state index contributed by atoms with van der Waals surface area (Å²) >= 11 is 17.8. The Morgan fingerprint density at radius 3 is 2.70 bits per heavy atom. The zero-order valence-electron chi connectivity index (χ0n) is 10.8. The Morgan fingerprint density at radius 2 is 2.00 bits per heavy atom. The number of carbonyl (C=O) groups excluding carboxylic acids is 1. The topological polar surface area (TPSA) is 58.4 Å². The summed E-state index contributed by atoms with van der Waals surface area (Å²) in [5, 5.41) is 3.82. The molecule has 0 aliphatic carbocycles. The molecule has 1 aromatic rings. The number of piperidine rings is 1. The van der Waals surface area contributed by atoms with Crippen molar-refractivity contribution < 1.29 is 4.79 Å². The van der Waals surface area contributed by atoms with E-state index in [1.807, 2.05) is 4.90 Å². The van der Waals surface area contributed by atoms with E-state index < -0.39 is 0 Å². The van der Waals surface area contributed by atoms with E-state index in [1.54, 1.807) is 6.07 Å². The fourth-order valence-corrected chi connectivity index (χ4v) is 2.84. The molecular weight excluding hydrogens is 321 g/mol. The molecule has 2 rings (SSSR count). The van der Waals surface area contributed by atoms with E-state index >= 15 is 0 Å². The fourth-order valence-electron chi connectivity index (χ4n) is 2.25. The van der Waals surface area contributed by atoms with Crippen LogP contribution < -0.4 is 11.1 Å². The highest BCUT2D eigenvalue weighted by Crippen LogP contribution is 2.32. The van der Waals surface area contributed by atoms with Crippen molar-refractivity contribution >= 4 is 46.4 Å². The van der Waals surface area contributed by atoms with Crippen LogP contribution in [0, 0.1) is 0 Å². The van der Waals surface area contributed by atoms with Gasteiger partial charge in [-0.05, 0) is 31.5 Å². The molecule has 110 valence electrons. The van der Waals surface area contributed by atoms with Crippen molar-refractivity contribution in [1.29, 1.82) is 0 Å². The van der Waals surface area contributed by atoms with E-state index in [0.717, 1.165) is 25.9 Å². The maximum absolute atomic E-state index is 12.0. The third-order valence-corrected chi connectivity index (χ3v) is 4.23. The zero-order valence-corrected chi connectivity index (χ0v) is 13.1. The van der Waals surface area contributed by atoms with Crippen molar-refractivity contribution in [2.24, 2.45) is 5.73 Å². The van der Waals surface area contributed by atoms with Gasteiger partial charge < -0.3 is 11.1 Å². The van der Waals surface area contributed by atoms with Gasteiger partial charge in [-0.1, -0.05) is 34.8 Å². The van der Waals surface area contributed by atoms with Crippen LogP contribution in [0.4, 0.5) is 5.69 Å². The van der Waals surface area contributed by atoms with Crippen LogP contribution >= 0.6 is 34.8 Å². The van der Waals surface area contributed by atoms with Gasteiger partial charge in [-0.25, -0.2) is 0 Å². The van der Waals surface area contributed by atoms with E-state index in [0.29, 0.717) is 27.3 Å². The van der Waals surface area contributed by atoms with E-state index in [-0.39, 0.29) is 11.9 Å². The van der Waals surface area contributed by atoms with Crippen molar-refractivity contribution in [2.75, 3.05) is 25.0 Å². The summed E-state index contributed by atoms with van der Waals surface area (Å²) in [7, 11) is 0. The van der Waals surface area contributed by atoms with Crippen molar-refractivity contribution in [2.45, 2.75) is 18.9 Å². The smallest absolute Gasteiger partial charge is 0.238 e. The lowest BCUT2D eigenvalue weighted by molar-refractivity contribution is -0.117. The van der Waals surface area contributed by atoms with Gasteiger partial charge >= 0.3 is 0 Å². The lowest BCUT2D eigenvalue weighted by Crippen LogP contribution is -2.45. The van der Waals surface area contributed by atoms with Crippen LogP contribution in [-0.2, 0) is 4.79 Å². The van der Waals surface area contributed by atoms with Crippen molar-refractivity contribution in [3.8, 4) is 0 Å². The Morgan fingerprint density at radius 1 is 1.30 bits per heavy atom. The molecule has 0 unspecified atom stereocenters. The van der Waals surface area contributed by atoms with Crippen molar-refractivity contribution in [3.63, 3.8) is 0 Å². The Kier molecular flexibility index (Phi) is 5.52. The lowest BCUT2D eigenvalue weighted by atomic mass is 10.1. The summed E-state index contributed by atoms with van der Waals surface area (Å²) in [4.78, 5) is 14.0. The predicted molar refractivity (Wildman–Crippen MR) is 83.8 cm³/mol. The summed E-state index contributed by atoms with van der Waals surface area (Å²) in [6.45, 7) is 1.92. The van der Waals surface area contributed by atoms with Gasteiger partial charge in [0, 0.05) is 12.6 Å². The number of likely N-dealkylation sites (tertiary alicyclic amines) is 1. The van der Waals surface area contributed by atoms with E-state index in [1.165, 1.54) is 6.07 Å². The van der Waals surface area contributed by atoms with Crippen LogP contribution in [0.5, 0.6) is 0 Å². The molecule has 0 bridgehead atoms. The SMILES string of the molecule is N[C@@H]1CCCN(CC(=O)Nc2cc(Cl)c(Cl)cc2Cl)C1. The molecule has 0 spiro atoms. The zero-order chi connectivity index (χ0) is 14.7. The van der Waals surface area contributed by atoms with Crippen molar-refractivity contribution in [3.05, 3.63) is 27.2 Å². The maximum atomic E-state index is 12.0. The van der Waals surface area contributed by atoms with Crippen LogP contribution in [0.1, 0.15) is 12.8 Å². The largest absolute Gasteiger partial charge is 0.327 e. The highest BCUT2D eigenvalue weighted by atomic mass is 35.5. The third kappa shape index (κ3) is 4.24. The van der Waals surface area contributed by atoms with Crippen LogP contribution in [0.3, 0.4) is 0 Å². The second kappa shape index (κ2) is 6.96. The average Bonchev–Trinajstić information content (AvgIpc) is 2.36. The number of nitrogens with zero attached hydrogens (tertiary/aromatic N) is 1. The van der Waals surface area contributed by atoms with Crippen LogP contribution in [0.15, 0.2) is 12.1 Å². The molecule has 4 nitrogen and oxygen atoms in total. The van der Waals surface area contributed by atoms with E-state index in [9.17, 15) is 4.79 Å². The highest BCUT2D eigenvalue weighted by molar-refractivity contribution is 6.44. The Hall–Kier alpha value is -0.520. The third-order valence-electron chi connectivity index (χ3n) is 3.19. The summed E-state index contributed by atoms with van der Waals surface area (Å²) < 4.78 is 0. The molecule has 20 heavy (non-hydrogen) atoms. The number of hydrogen-bond donors (Lipinski definition) is 2. The Bertz CT molecular complexity index is 510. The van der Waals surface area contributed by atoms with Gasteiger partial charge in [-0.15, -0.1) is 0 Å². The van der Waals surface area contributed by atoms with Gasteiger partial charge in [-0.2, -0.15) is 0 Å². The van der Waals surface area contributed by atoms with Gasteiger partial charge in [-0.3, -0.25) is 9.69 Å². The molecule has 1 aliphatic heterocycles. The predicted octanol–water partition coefficient (Wildman–Crippen LogP) is 3.01. The molecule has 1 aromatic carbocycles. The first-order chi connectivity index (χ1) is 9.45. The molecule has 1 aliphatic rings. The second-order valence-electron chi connectivity index (χ2n) is 4.93. The monoisotopic (exact) mass is 335 g/mol. The van der Waals surface area contributed by atoms with Gasteiger partial charge in [0.05, 0.1) is 27.3 Å². The van der Waals surface area contributed by atoms with Crippen molar-refractivity contribution in [1.82, 2.24) is 4.90 Å². The Labute approximate surface area is 133 Å². The van der Waals surface area contributed by atoms with Crippen LogP contribution in [-0.4, -0.2) is 36.5 Å². The number of anilines is 1. The molecule has 1 heterocycles. The molecule has 7 heteroatoms. The molecule has 1 fully saturated rings. The summed E-state index contributed by atoms with van der Waals surface area (Å²) in [6.07, 6.45) is 2.03. The fraction of sp³-hybridized carbons (Fsp3) is 0.462. The van der Waals surface area contributed by atoms with E-state index in [4.69, 9.17) is 40.5 Å². The van der Waals surface area contributed by atoms with Crippen LogP contribution in [0.2, 0.25) is 15.1 Å². The number of benzene rings is 1. The maximum Gasteiger partial charge on any atom is 0.238 e. The summed E-state index contributed by atoms with van der Waals surface area (Å²) in [6, 6.07) is 3.20. The summed E-state index contributed by atoms with van der Waals surface area (Å²) in [5.41, 5.74) is 6.35. The molecule has 1 atom stereocenters. The van der Waals surface area contributed by atoms with Gasteiger partial charge in [0.1, 0.15) is 0 Å². The molecular formula is C13H16Cl3N3O. The molecule has 0 saturated carbocycles. The first-order valence-corrected chi connectivity index (χ1v) is 7.51. The quantitative estimate of drug-likeness (QED) is 0.834. The molecule has 1 saturated heterocycles. The second-order valence-corrected chi connectivity index (χ2v) is 6.15. The molecule has 1 amide bonds. The molecule has 0 aromatic heterocycles. The number of nitrogens with one attached hydrogen (secondary N) is 1. The minimum Gasteiger partial charge on any atom is -0.327 e. The number of halogens is 3. The first-order valence-electron chi connectivity index (χ1n) is 6.38. The number of carbonyl (C=O) groups is 1. The highest BCUT2D eigenvalue weighted by Gasteiger charge is 2.19. The number of hydrogen-bond acceptors (Lipinski definition) is 3. The first kappa shape index (κ1) is 15.9. The van der Waals surface area contributed by atoms with Gasteiger partial charge in [0.15, 0.2) is 0 Å². The minimum absolute atomic E-state index is 0.139. The lowest BCUT2D eigenvalue weighted by Gasteiger charge is -2.30. The number of nitrogens with two attached hydrogens (primary N) is 1. The van der Waals surface area contributed by atoms with E-state index in [2.05, 4.69) is 5.32 Å². The standard InChI is InChI=1S/C13H16Cl3N3O/c14-9-4-11(16)12(5-10(9)15)18-13(20)7-19-3-1-2-8(17)6-19/h4-5,8H,1-3,6-7,17H2,(H,18,20)/t8-/m1/s1. The summed E-state index contributed by atoms with van der Waals surface area (Å²) in [5.74, 6) is -0.139. The van der Waals surface area contributed by atoms with Gasteiger partial charge in [0.25, 0.3) is 0 Å². The van der Waals surface area contributed by atoms with Crippen LogP contribution in [0.25, 0.3) is 0 Å².